The molecule has 5 rings (SSSR count). The number of anilines is 1. The molecule has 202 valence electrons. The van der Waals surface area contributed by atoms with Crippen LogP contribution in [0.4, 0.5) is 5.69 Å². The number of Topliss-reactive ketones (excluding diaryl/α,β-unsaturated/α-hetero) is 2. The van der Waals surface area contributed by atoms with Crippen LogP contribution < -0.4 is 9.64 Å². The lowest BCUT2D eigenvalue weighted by Crippen LogP contribution is -2.49. The van der Waals surface area contributed by atoms with Crippen molar-refractivity contribution >= 4 is 23.2 Å². The van der Waals surface area contributed by atoms with E-state index in [0.717, 1.165) is 24.3 Å². The van der Waals surface area contributed by atoms with E-state index in [2.05, 4.69) is 46.1 Å². The predicted molar refractivity (Wildman–Crippen MR) is 152 cm³/mol. The topological polar surface area (TPSA) is 92.7 Å². The number of pyridine rings is 2. The van der Waals surface area contributed by atoms with Crippen LogP contribution in [0.15, 0.2) is 85.2 Å². The summed E-state index contributed by atoms with van der Waals surface area (Å²) in [4.78, 5) is 49.9. The monoisotopic (exact) mass is 534 g/mol. The molecule has 0 aliphatic carbocycles. The zero-order chi connectivity index (χ0) is 28.1. The first-order valence-corrected chi connectivity index (χ1v) is 13.2. The molecule has 1 aliphatic rings. The molecule has 8 nitrogen and oxygen atoms in total. The first-order chi connectivity index (χ1) is 19.4. The molecule has 1 amide bonds. The van der Waals surface area contributed by atoms with Crippen LogP contribution in [0, 0.1) is 6.92 Å². The van der Waals surface area contributed by atoms with E-state index in [0.29, 0.717) is 41.5 Å². The normalized spacial score (nSPS) is 13.2. The Morgan fingerprint density at radius 1 is 0.775 bits per heavy atom. The van der Waals surface area contributed by atoms with Gasteiger partial charge in [-0.05, 0) is 67.9 Å². The molecule has 1 saturated heterocycles. The number of hydrogen-bond acceptors (Lipinski definition) is 7. The lowest BCUT2D eigenvalue weighted by atomic mass is 10.1. The van der Waals surface area contributed by atoms with Gasteiger partial charge < -0.3 is 14.5 Å². The van der Waals surface area contributed by atoms with Gasteiger partial charge in [0.05, 0.1) is 0 Å². The van der Waals surface area contributed by atoms with Gasteiger partial charge in [-0.2, -0.15) is 0 Å². The van der Waals surface area contributed by atoms with Crippen LogP contribution in [0.5, 0.6) is 11.6 Å². The number of amides is 1. The lowest BCUT2D eigenvalue weighted by Gasteiger charge is -2.36. The van der Waals surface area contributed by atoms with Gasteiger partial charge in [0.25, 0.3) is 5.91 Å². The highest BCUT2D eigenvalue weighted by Gasteiger charge is 2.23. The minimum absolute atomic E-state index is 0.0113. The van der Waals surface area contributed by atoms with Crippen LogP contribution in [0.3, 0.4) is 0 Å². The Kier molecular flexibility index (Phi) is 7.96. The van der Waals surface area contributed by atoms with E-state index in [1.165, 1.54) is 18.7 Å². The van der Waals surface area contributed by atoms with Crippen molar-refractivity contribution in [3.63, 3.8) is 0 Å². The standard InChI is InChI=1S/C32H30N4O4/c1-22-3-9-27(10-4-22)35-15-17-36(18-16-35)32(39)29-13-8-26(21-33-29)30(38)19-24-5-14-31(34-20-24)40-28-11-6-25(7-12-28)23(2)37/h3-14,20-21H,15-19H2,1-2H3. The van der Waals surface area contributed by atoms with Crippen LogP contribution >= 0.6 is 0 Å². The van der Waals surface area contributed by atoms with Gasteiger partial charge in [-0.25, -0.2) is 4.98 Å². The molecular formula is C32H30N4O4. The third kappa shape index (κ3) is 6.40. The first kappa shape index (κ1) is 26.7. The summed E-state index contributed by atoms with van der Waals surface area (Å²) in [6.45, 7) is 6.33. The van der Waals surface area contributed by atoms with Gasteiger partial charge in [0.15, 0.2) is 11.6 Å². The largest absolute Gasteiger partial charge is 0.439 e. The third-order valence-corrected chi connectivity index (χ3v) is 6.92. The molecule has 4 aromatic rings. The quantitative estimate of drug-likeness (QED) is 0.288. The molecule has 2 aromatic carbocycles. The third-order valence-electron chi connectivity index (χ3n) is 6.92. The zero-order valence-corrected chi connectivity index (χ0v) is 22.5. The highest BCUT2D eigenvalue weighted by atomic mass is 16.5. The molecule has 1 fully saturated rings. The zero-order valence-electron chi connectivity index (χ0n) is 22.5. The number of carbonyl (C=O) groups excluding carboxylic acids is 3. The van der Waals surface area contributed by atoms with Crippen LogP contribution in [0.1, 0.15) is 49.3 Å². The molecule has 0 saturated carbocycles. The number of nitrogens with zero attached hydrogens (tertiary/aromatic N) is 4. The molecule has 2 aromatic heterocycles. The van der Waals surface area contributed by atoms with Gasteiger partial charge in [0.1, 0.15) is 11.4 Å². The molecule has 8 heteroatoms. The summed E-state index contributed by atoms with van der Waals surface area (Å²) in [6.07, 6.45) is 3.21. The second-order valence-electron chi connectivity index (χ2n) is 9.83. The van der Waals surface area contributed by atoms with Crippen molar-refractivity contribution in [2.24, 2.45) is 0 Å². The average Bonchev–Trinajstić information content (AvgIpc) is 2.98. The van der Waals surface area contributed by atoms with Gasteiger partial charge in [0, 0.05) is 67.9 Å². The number of carbonyl (C=O) groups is 3. The highest BCUT2D eigenvalue weighted by molar-refractivity contribution is 5.98. The number of hydrogen-bond donors (Lipinski definition) is 0. The summed E-state index contributed by atoms with van der Waals surface area (Å²) in [5.41, 5.74) is 4.50. The molecule has 1 aliphatic heterocycles. The fraction of sp³-hybridized carbons (Fsp3) is 0.219. The maximum atomic E-state index is 13.0. The van der Waals surface area contributed by atoms with E-state index in [9.17, 15) is 14.4 Å². The summed E-state index contributed by atoms with van der Waals surface area (Å²) < 4.78 is 5.72. The number of benzene rings is 2. The van der Waals surface area contributed by atoms with Crippen LogP contribution in [-0.2, 0) is 6.42 Å². The van der Waals surface area contributed by atoms with E-state index in [1.807, 2.05) is 4.90 Å². The Morgan fingerprint density at radius 3 is 2.08 bits per heavy atom. The fourth-order valence-electron chi connectivity index (χ4n) is 4.51. The number of aromatic nitrogens is 2. The van der Waals surface area contributed by atoms with Crippen molar-refractivity contribution in [1.82, 2.24) is 14.9 Å². The number of rotatable bonds is 8. The molecule has 0 spiro atoms. The van der Waals surface area contributed by atoms with Crippen molar-refractivity contribution in [3.05, 3.63) is 113 Å². The Morgan fingerprint density at radius 2 is 1.48 bits per heavy atom. The molecule has 40 heavy (non-hydrogen) atoms. The first-order valence-electron chi connectivity index (χ1n) is 13.2. The summed E-state index contributed by atoms with van der Waals surface area (Å²) in [5.74, 6) is 0.695. The maximum Gasteiger partial charge on any atom is 0.272 e. The van der Waals surface area contributed by atoms with Crippen LogP contribution in [-0.4, -0.2) is 58.5 Å². The summed E-state index contributed by atoms with van der Waals surface area (Å²) in [5, 5.41) is 0. The molecule has 0 unspecified atom stereocenters. The van der Waals surface area contributed by atoms with Crippen molar-refractivity contribution in [2.75, 3.05) is 31.1 Å². The molecule has 0 radical (unpaired) electrons. The minimum Gasteiger partial charge on any atom is -0.439 e. The van der Waals surface area contributed by atoms with Gasteiger partial charge in [-0.1, -0.05) is 23.8 Å². The number of aryl methyl sites for hydroxylation is 1. The Balaban J connectivity index is 1.13. The lowest BCUT2D eigenvalue weighted by molar-refractivity contribution is 0.0740. The maximum absolute atomic E-state index is 13.0. The molecule has 0 bridgehead atoms. The smallest absolute Gasteiger partial charge is 0.272 e. The van der Waals surface area contributed by atoms with E-state index >= 15 is 0 Å². The number of ether oxygens (including phenoxy) is 1. The van der Waals surface area contributed by atoms with Crippen molar-refractivity contribution in [1.29, 1.82) is 0 Å². The Bertz CT molecular complexity index is 1490. The second-order valence-corrected chi connectivity index (χ2v) is 9.83. The minimum atomic E-state index is -0.127. The van der Waals surface area contributed by atoms with Crippen molar-refractivity contribution in [2.45, 2.75) is 20.3 Å². The van der Waals surface area contributed by atoms with E-state index in [4.69, 9.17) is 4.74 Å². The Labute approximate surface area is 233 Å². The SMILES string of the molecule is CC(=O)c1ccc(Oc2ccc(CC(=O)c3ccc(C(=O)N4CCN(c5ccc(C)cc5)CC4)nc3)cn2)cc1. The van der Waals surface area contributed by atoms with Gasteiger partial charge in [-0.15, -0.1) is 0 Å². The number of piperazine rings is 1. The van der Waals surface area contributed by atoms with E-state index in [-0.39, 0.29) is 23.9 Å². The van der Waals surface area contributed by atoms with E-state index < -0.39 is 0 Å². The molecular weight excluding hydrogens is 504 g/mol. The van der Waals surface area contributed by atoms with Crippen molar-refractivity contribution in [3.8, 4) is 11.6 Å². The highest BCUT2D eigenvalue weighted by Crippen LogP contribution is 2.21. The summed E-state index contributed by atoms with van der Waals surface area (Å²) >= 11 is 0. The molecule has 3 heterocycles. The van der Waals surface area contributed by atoms with Crippen molar-refractivity contribution < 1.29 is 19.1 Å². The second kappa shape index (κ2) is 11.9. The van der Waals surface area contributed by atoms with Crippen LogP contribution in [0.25, 0.3) is 0 Å². The molecule has 0 N–H and O–H groups in total. The van der Waals surface area contributed by atoms with Gasteiger partial charge >= 0.3 is 0 Å². The fourth-order valence-corrected chi connectivity index (χ4v) is 4.51. The van der Waals surface area contributed by atoms with Gasteiger partial charge in [-0.3, -0.25) is 19.4 Å². The Hall–Kier alpha value is -4.85. The van der Waals surface area contributed by atoms with E-state index in [1.54, 1.807) is 54.7 Å². The van der Waals surface area contributed by atoms with Gasteiger partial charge in [0.2, 0.25) is 5.88 Å². The average molecular weight is 535 g/mol. The summed E-state index contributed by atoms with van der Waals surface area (Å²) in [7, 11) is 0. The number of ketones is 2. The van der Waals surface area contributed by atoms with Crippen LogP contribution in [0.2, 0.25) is 0 Å². The predicted octanol–water partition coefficient (Wildman–Crippen LogP) is 5.17. The summed E-state index contributed by atoms with van der Waals surface area (Å²) in [6, 6.07) is 22.0. The molecule has 0 atom stereocenters.